The molecule has 2 atom stereocenters. The third-order valence-corrected chi connectivity index (χ3v) is 5.78. The molecule has 4 rings (SSSR count). The lowest BCUT2D eigenvalue weighted by Crippen LogP contribution is -2.63. The number of nitrogens with zero attached hydrogens (tertiary/aromatic N) is 2. The Morgan fingerprint density at radius 2 is 2.07 bits per heavy atom. The van der Waals surface area contributed by atoms with Crippen LogP contribution in [0.3, 0.4) is 0 Å². The van der Waals surface area contributed by atoms with E-state index in [4.69, 9.17) is 4.74 Å². The van der Waals surface area contributed by atoms with Crippen molar-refractivity contribution in [1.82, 2.24) is 15.1 Å². The minimum absolute atomic E-state index is 0.0193. The van der Waals surface area contributed by atoms with Crippen LogP contribution in [0.1, 0.15) is 37.2 Å². The van der Waals surface area contributed by atoms with Crippen LogP contribution in [0.4, 0.5) is 10.1 Å². The molecule has 2 saturated heterocycles. The summed E-state index contributed by atoms with van der Waals surface area (Å²) in [6, 6.07) is 4.72. The van der Waals surface area contributed by atoms with Crippen LogP contribution in [0.5, 0.6) is 0 Å². The summed E-state index contributed by atoms with van der Waals surface area (Å²) in [5.41, 5.74) is 1.27. The highest BCUT2D eigenvalue weighted by Crippen LogP contribution is 2.42. The molecular formula is C20H27FN4O3. The van der Waals surface area contributed by atoms with E-state index < -0.39 is 0 Å². The second-order valence-corrected chi connectivity index (χ2v) is 7.82. The zero-order chi connectivity index (χ0) is 19.7. The first kappa shape index (κ1) is 19.3. The second kappa shape index (κ2) is 8.14. The molecular weight excluding hydrogens is 363 g/mol. The van der Waals surface area contributed by atoms with E-state index in [0.29, 0.717) is 30.9 Å². The van der Waals surface area contributed by atoms with Gasteiger partial charge in [-0.1, -0.05) is 0 Å². The lowest BCUT2D eigenvalue weighted by atomic mass is 10.1. The Labute approximate surface area is 164 Å². The van der Waals surface area contributed by atoms with E-state index in [1.807, 2.05) is 0 Å². The van der Waals surface area contributed by atoms with E-state index >= 15 is 0 Å². The van der Waals surface area contributed by atoms with Crippen molar-refractivity contribution in [3.05, 3.63) is 29.6 Å². The molecule has 0 bridgehead atoms. The predicted octanol–water partition coefficient (Wildman–Crippen LogP) is 1.47. The van der Waals surface area contributed by atoms with Crippen molar-refractivity contribution in [2.75, 3.05) is 38.7 Å². The smallest absolute Gasteiger partial charge is 0.227 e. The van der Waals surface area contributed by atoms with Crippen molar-refractivity contribution >= 4 is 17.5 Å². The van der Waals surface area contributed by atoms with E-state index in [1.165, 1.54) is 6.07 Å². The first-order valence-electron chi connectivity index (χ1n) is 9.94. The van der Waals surface area contributed by atoms with Crippen LogP contribution in [-0.4, -0.2) is 67.3 Å². The maximum atomic E-state index is 13.9. The maximum absolute atomic E-state index is 13.9. The van der Waals surface area contributed by atoms with Crippen LogP contribution < -0.4 is 10.6 Å². The van der Waals surface area contributed by atoms with E-state index in [2.05, 4.69) is 15.5 Å². The number of amides is 2. The molecule has 28 heavy (non-hydrogen) atoms. The first-order chi connectivity index (χ1) is 13.5. The summed E-state index contributed by atoms with van der Waals surface area (Å²) in [4.78, 5) is 28.8. The van der Waals surface area contributed by atoms with E-state index in [0.717, 1.165) is 25.9 Å². The van der Waals surface area contributed by atoms with Gasteiger partial charge in [0, 0.05) is 25.8 Å². The normalized spacial score (nSPS) is 26.4. The first-order valence-corrected chi connectivity index (χ1v) is 9.94. The van der Waals surface area contributed by atoms with Gasteiger partial charge in [-0.3, -0.25) is 19.8 Å². The van der Waals surface area contributed by atoms with Gasteiger partial charge in [0.05, 0.1) is 38.4 Å². The number of carbonyl (C=O) groups is 2. The van der Waals surface area contributed by atoms with Crippen LogP contribution in [0.15, 0.2) is 18.2 Å². The molecule has 0 radical (unpaired) electrons. The number of rotatable bonds is 5. The Balaban J connectivity index is 1.38. The van der Waals surface area contributed by atoms with Gasteiger partial charge in [0.25, 0.3) is 0 Å². The predicted molar refractivity (Wildman–Crippen MR) is 102 cm³/mol. The summed E-state index contributed by atoms with van der Waals surface area (Å²) >= 11 is 0. The SMILES string of the molecule is CN1C(=O)CC(N2CCOCC2)NC1CC(=O)Nc1ccc(F)c(C2CC2)c1. The number of hydrogen-bond acceptors (Lipinski definition) is 5. The largest absolute Gasteiger partial charge is 0.379 e. The Hall–Kier alpha value is -2.03. The van der Waals surface area contributed by atoms with Gasteiger partial charge < -0.3 is 15.0 Å². The summed E-state index contributed by atoms with van der Waals surface area (Å²) in [6.07, 6.45) is 2.05. The Kier molecular flexibility index (Phi) is 5.61. The van der Waals surface area contributed by atoms with Crippen molar-refractivity contribution in [3.8, 4) is 0 Å². The molecule has 3 aliphatic rings. The lowest BCUT2D eigenvalue weighted by molar-refractivity contribution is -0.141. The monoisotopic (exact) mass is 390 g/mol. The fourth-order valence-electron chi connectivity index (χ4n) is 3.91. The number of halogens is 1. The Morgan fingerprint density at radius 3 is 2.79 bits per heavy atom. The number of benzene rings is 1. The summed E-state index contributed by atoms with van der Waals surface area (Å²) < 4.78 is 19.3. The van der Waals surface area contributed by atoms with Crippen molar-refractivity contribution < 1.29 is 18.7 Å². The molecule has 2 heterocycles. The average Bonchev–Trinajstić information content (AvgIpc) is 3.52. The second-order valence-electron chi connectivity index (χ2n) is 7.82. The van der Waals surface area contributed by atoms with Crippen LogP contribution in [-0.2, 0) is 14.3 Å². The third-order valence-electron chi connectivity index (χ3n) is 5.78. The summed E-state index contributed by atoms with van der Waals surface area (Å²) in [7, 11) is 1.71. The van der Waals surface area contributed by atoms with Crippen molar-refractivity contribution in [1.29, 1.82) is 0 Å². The number of ether oxygens (including phenoxy) is 1. The molecule has 2 unspecified atom stereocenters. The molecule has 0 aromatic heterocycles. The van der Waals surface area contributed by atoms with E-state index in [-0.39, 0.29) is 42.3 Å². The van der Waals surface area contributed by atoms with Gasteiger partial charge in [0.15, 0.2) is 0 Å². The highest BCUT2D eigenvalue weighted by Gasteiger charge is 2.35. The van der Waals surface area contributed by atoms with Gasteiger partial charge in [-0.2, -0.15) is 0 Å². The molecule has 1 saturated carbocycles. The minimum Gasteiger partial charge on any atom is -0.379 e. The number of nitrogens with one attached hydrogen (secondary N) is 2. The van der Waals surface area contributed by atoms with E-state index in [1.54, 1.807) is 24.1 Å². The van der Waals surface area contributed by atoms with Crippen LogP contribution in [0.25, 0.3) is 0 Å². The third kappa shape index (κ3) is 4.34. The Bertz CT molecular complexity index is 749. The molecule has 1 aromatic carbocycles. The highest BCUT2D eigenvalue weighted by molar-refractivity contribution is 5.91. The van der Waals surface area contributed by atoms with Gasteiger partial charge >= 0.3 is 0 Å². The molecule has 0 spiro atoms. The molecule has 1 aliphatic carbocycles. The molecule has 3 fully saturated rings. The van der Waals surface area contributed by atoms with Gasteiger partial charge in [-0.25, -0.2) is 4.39 Å². The lowest BCUT2D eigenvalue weighted by Gasteiger charge is -2.43. The van der Waals surface area contributed by atoms with Crippen molar-refractivity contribution in [2.24, 2.45) is 0 Å². The topological polar surface area (TPSA) is 73.9 Å². The molecule has 2 aliphatic heterocycles. The molecule has 152 valence electrons. The fraction of sp³-hybridized carbons (Fsp3) is 0.600. The van der Waals surface area contributed by atoms with Crippen LogP contribution >= 0.6 is 0 Å². The Morgan fingerprint density at radius 1 is 1.32 bits per heavy atom. The van der Waals surface area contributed by atoms with Gasteiger partial charge in [-0.15, -0.1) is 0 Å². The van der Waals surface area contributed by atoms with Gasteiger partial charge in [0.2, 0.25) is 11.8 Å². The maximum Gasteiger partial charge on any atom is 0.227 e. The zero-order valence-corrected chi connectivity index (χ0v) is 16.1. The molecule has 2 N–H and O–H groups in total. The summed E-state index contributed by atoms with van der Waals surface area (Å²) in [5, 5.41) is 6.28. The molecule has 1 aromatic rings. The minimum atomic E-state index is -0.377. The van der Waals surface area contributed by atoms with E-state index in [9.17, 15) is 14.0 Å². The van der Waals surface area contributed by atoms with Crippen LogP contribution in [0.2, 0.25) is 0 Å². The van der Waals surface area contributed by atoms with Crippen molar-refractivity contribution in [2.45, 2.75) is 43.9 Å². The molecule has 7 nitrogen and oxygen atoms in total. The standard InChI is InChI=1S/C20H27FN4O3/c1-24-17(23-18(12-20(24)27)25-6-8-28-9-7-25)11-19(26)22-14-4-5-16(21)15(10-14)13-2-3-13/h4-5,10,13,17-18,23H,2-3,6-9,11-12H2,1H3,(H,22,26). The molecule has 2 amide bonds. The molecule has 8 heteroatoms. The van der Waals surface area contributed by atoms with Gasteiger partial charge in [0.1, 0.15) is 5.82 Å². The zero-order valence-electron chi connectivity index (χ0n) is 16.1. The average molecular weight is 390 g/mol. The quantitative estimate of drug-likeness (QED) is 0.797. The number of anilines is 1. The van der Waals surface area contributed by atoms with Gasteiger partial charge in [-0.05, 0) is 42.5 Å². The number of morpholine rings is 1. The summed E-state index contributed by atoms with van der Waals surface area (Å²) in [6.45, 7) is 2.85. The number of carbonyl (C=O) groups excluding carboxylic acids is 2. The highest BCUT2D eigenvalue weighted by atomic mass is 19.1. The van der Waals surface area contributed by atoms with Crippen molar-refractivity contribution in [3.63, 3.8) is 0 Å². The number of hydrogen-bond donors (Lipinski definition) is 2. The van der Waals surface area contributed by atoms with Crippen LogP contribution in [0, 0.1) is 5.82 Å². The summed E-state index contributed by atoms with van der Waals surface area (Å²) in [5.74, 6) is -0.123. The fourth-order valence-corrected chi connectivity index (χ4v) is 3.91.